The maximum absolute atomic E-state index is 11.9. The highest BCUT2D eigenvalue weighted by Gasteiger charge is 2.18. The normalized spacial score (nSPS) is 19.3. The minimum Gasteiger partial charge on any atom is -0.326 e. The second-order valence-electron chi connectivity index (χ2n) is 4.93. The van der Waals surface area contributed by atoms with Crippen LogP contribution in [0.2, 0.25) is 0 Å². The van der Waals surface area contributed by atoms with Crippen molar-refractivity contribution in [3.63, 3.8) is 0 Å². The number of hydrogen-bond donors (Lipinski definition) is 2. The molecule has 1 unspecified atom stereocenters. The van der Waals surface area contributed by atoms with Crippen LogP contribution in [0.3, 0.4) is 0 Å². The van der Waals surface area contributed by atoms with Crippen molar-refractivity contribution in [3.05, 3.63) is 29.3 Å². The molecule has 17 heavy (non-hydrogen) atoms. The van der Waals surface area contributed by atoms with Gasteiger partial charge in [0.15, 0.2) is 0 Å². The molecule has 0 aliphatic carbocycles. The Balaban J connectivity index is 1.95. The van der Waals surface area contributed by atoms with Crippen LogP contribution in [0, 0.1) is 19.8 Å². The predicted molar refractivity (Wildman–Crippen MR) is 70.1 cm³/mol. The Hall–Kier alpha value is -1.35. The molecule has 2 rings (SSSR count). The lowest BCUT2D eigenvalue weighted by atomic mass is 10.0. The Bertz CT molecular complexity index is 409. The number of amides is 1. The van der Waals surface area contributed by atoms with E-state index in [-0.39, 0.29) is 5.91 Å². The van der Waals surface area contributed by atoms with Gasteiger partial charge in [0.25, 0.3) is 0 Å². The van der Waals surface area contributed by atoms with Crippen molar-refractivity contribution in [2.45, 2.75) is 26.7 Å². The van der Waals surface area contributed by atoms with Crippen molar-refractivity contribution in [1.29, 1.82) is 0 Å². The van der Waals surface area contributed by atoms with E-state index in [1.54, 1.807) is 0 Å². The zero-order valence-corrected chi connectivity index (χ0v) is 10.5. The molecule has 0 bridgehead atoms. The van der Waals surface area contributed by atoms with E-state index < -0.39 is 0 Å². The third-order valence-corrected chi connectivity index (χ3v) is 3.30. The minimum atomic E-state index is 0.132. The van der Waals surface area contributed by atoms with E-state index in [2.05, 4.69) is 16.7 Å². The first kappa shape index (κ1) is 12.1. The van der Waals surface area contributed by atoms with Crippen LogP contribution in [0.15, 0.2) is 18.2 Å². The molecule has 0 saturated carbocycles. The van der Waals surface area contributed by atoms with E-state index in [1.807, 2.05) is 26.0 Å². The minimum absolute atomic E-state index is 0.132. The fourth-order valence-corrected chi connectivity index (χ4v) is 2.22. The molecule has 1 amide bonds. The summed E-state index contributed by atoms with van der Waals surface area (Å²) in [4.78, 5) is 11.9. The monoisotopic (exact) mass is 232 g/mol. The molecule has 2 N–H and O–H groups in total. The Morgan fingerprint density at radius 1 is 1.47 bits per heavy atom. The maximum Gasteiger partial charge on any atom is 0.224 e. The number of carbonyl (C=O) groups is 1. The first-order valence-corrected chi connectivity index (χ1v) is 6.23. The van der Waals surface area contributed by atoms with Crippen molar-refractivity contribution in [2.75, 3.05) is 18.4 Å². The first-order chi connectivity index (χ1) is 8.15. The lowest BCUT2D eigenvalue weighted by molar-refractivity contribution is -0.116. The van der Waals surface area contributed by atoms with Gasteiger partial charge < -0.3 is 10.6 Å². The molecule has 3 nitrogen and oxygen atoms in total. The van der Waals surface area contributed by atoms with Crippen LogP contribution >= 0.6 is 0 Å². The fourth-order valence-electron chi connectivity index (χ4n) is 2.22. The molecule has 1 saturated heterocycles. The number of anilines is 1. The molecule has 92 valence electrons. The van der Waals surface area contributed by atoms with Crippen molar-refractivity contribution in [3.8, 4) is 0 Å². The SMILES string of the molecule is Cc1ccc(C)c(NC(=O)CC2CCNC2)c1. The van der Waals surface area contributed by atoms with Crippen LogP contribution < -0.4 is 10.6 Å². The van der Waals surface area contributed by atoms with Gasteiger partial charge in [-0.15, -0.1) is 0 Å². The lowest BCUT2D eigenvalue weighted by Crippen LogP contribution is -2.18. The molecule has 1 aromatic carbocycles. The zero-order chi connectivity index (χ0) is 12.3. The predicted octanol–water partition coefficient (Wildman–Crippen LogP) is 2.24. The zero-order valence-electron chi connectivity index (χ0n) is 10.5. The third-order valence-electron chi connectivity index (χ3n) is 3.30. The van der Waals surface area contributed by atoms with Gasteiger partial charge in [-0.25, -0.2) is 0 Å². The van der Waals surface area contributed by atoms with Gasteiger partial charge in [0.2, 0.25) is 5.91 Å². The van der Waals surface area contributed by atoms with Crippen LogP contribution in [0.5, 0.6) is 0 Å². The molecule has 1 aliphatic heterocycles. The van der Waals surface area contributed by atoms with Crippen molar-refractivity contribution >= 4 is 11.6 Å². The highest BCUT2D eigenvalue weighted by atomic mass is 16.1. The Morgan fingerprint density at radius 2 is 2.29 bits per heavy atom. The summed E-state index contributed by atoms with van der Waals surface area (Å²) in [5.74, 6) is 0.632. The van der Waals surface area contributed by atoms with Crippen molar-refractivity contribution in [1.82, 2.24) is 5.32 Å². The quantitative estimate of drug-likeness (QED) is 0.839. The van der Waals surface area contributed by atoms with Gasteiger partial charge in [-0.3, -0.25) is 4.79 Å². The first-order valence-electron chi connectivity index (χ1n) is 6.23. The highest BCUT2D eigenvalue weighted by molar-refractivity contribution is 5.91. The number of benzene rings is 1. The number of carbonyl (C=O) groups excluding carboxylic acids is 1. The smallest absolute Gasteiger partial charge is 0.224 e. The summed E-state index contributed by atoms with van der Waals surface area (Å²) in [6.45, 7) is 6.07. The van der Waals surface area contributed by atoms with E-state index >= 15 is 0 Å². The highest BCUT2D eigenvalue weighted by Crippen LogP contribution is 2.18. The molecular weight excluding hydrogens is 212 g/mol. The molecule has 0 spiro atoms. The molecule has 3 heteroatoms. The molecule has 0 aromatic heterocycles. The van der Waals surface area contributed by atoms with Crippen LogP contribution in [0.25, 0.3) is 0 Å². The van der Waals surface area contributed by atoms with Gasteiger partial charge in [0.05, 0.1) is 0 Å². The summed E-state index contributed by atoms with van der Waals surface area (Å²) in [5.41, 5.74) is 3.24. The van der Waals surface area contributed by atoms with Crippen molar-refractivity contribution < 1.29 is 4.79 Å². The number of rotatable bonds is 3. The maximum atomic E-state index is 11.9. The topological polar surface area (TPSA) is 41.1 Å². The van der Waals surface area contributed by atoms with E-state index in [1.165, 1.54) is 5.56 Å². The Morgan fingerprint density at radius 3 is 3.00 bits per heavy atom. The molecule has 1 atom stereocenters. The van der Waals surface area contributed by atoms with Crippen LogP contribution in [-0.2, 0) is 4.79 Å². The van der Waals surface area contributed by atoms with Crippen LogP contribution in [-0.4, -0.2) is 19.0 Å². The molecular formula is C14H20N2O. The summed E-state index contributed by atoms with van der Waals surface area (Å²) in [6, 6.07) is 6.13. The standard InChI is InChI=1S/C14H20N2O/c1-10-3-4-11(2)13(7-10)16-14(17)8-12-5-6-15-9-12/h3-4,7,12,15H,5-6,8-9H2,1-2H3,(H,16,17). The van der Waals surface area contributed by atoms with Gasteiger partial charge in [0.1, 0.15) is 0 Å². The third kappa shape index (κ3) is 3.30. The van der Waals surface area contributed by atoms with Crippen LogP contribution in [0.1, 0.15) is 24.0 Å². The van der Waals surface area contributed by atoms with Crippen LogP contribution in [0.4, 0.5) is 5.69 Å². The largest absolute Gasteiger partial charge is 0.326 e. The van der Waals surface area contributed by atoms with E-state index in [0.29, 0.717) is 12.3 Å². The fraction of sp³-hybridized carbons (Fsp3) is 0.500. The average Bonchev–Trinajstić information content (AvgIpc) is 2.76. The van der Waals surface area contributed by atoms with E-state index in [0.717, 1.165) is 30.8 Å². The van der Waals surface area contributed by atoms with Gasteiger partial charge in [0, 0.05) is 12.1 Å². The molecule has 1 heterocycles. The number of nitrogens with one attached hydrogen (secondary N) is 2. The summed E-state index contributed by atoms with van der Waals surface area (Å²) in [6.07, 6.45) is 1.74. The average molecular weight is 232 g/mol. The molecule has 1 aromatic rings. The molecule has 1 fully saturated rings. The summed E-state index contributed by atoms with van der Waals surface area (Å²) < 4.78 is 0. The summed E-state index contributed by atoms with van der Waals surface area (Å²) in [5, 5.41) is 6.29. The van der Waals surface area contributed by atoms with Gasteiger partial charge in [-0.1, -0.05) is 12.1 Å². The van der Waals surface area contributed by atoms with E-state index in [9.17, 15) is 4.79 Å². The second-order valence-corrected chi connectivity index (χ2v) is 4.93. The number of hydrogen-bond acceptors (Lipinski definition) is 2. The van der Waals surface area contributed by atoms with Crippen molar-refractivity contribution in [2.24, 2.45) is 5.92 Å². The lowest BCUT2D eigenvalue weighted by Gasteiger charge is -2.11. The Kier molecular flexibility index (Phi) is 3.79. The summed E-state index contributed by atoms with van der Waals surface area (Å²) >= 11 is 0. The number of aryl methyl sites for hydroxylation is 2. The van der Waals surface area contributed by atoms with E-state index in [4.69, 9.17) is 0 Å². The molecule has 1 aliphatic rings. The summed E-state index contributed by atoms with van der Waals surface area (Å²) in [7, 11) is 0. The van der Waals surface area contributed by atoms with Gasteiger partial charge >= 0.3 is 0 Å². The molecule has 0 radical (unpaired) electrons. The van der Waals surface area contributed by atoms with Gasteiger partial charge in [-0.2, -0.15) is 0 Å². The second kappa shape index (κ2) is 5.32. The Labute approximate surface area is 103 Å². The van der Waals surface area contributed by atoms with Gasteiger partial charge in [-0.05, 0) is 56.5 Å².